The molecule has 3 rings (SSSR count). The Hall–Kier alpha value is -1.31. The van der Waals surface area contributed by atoms with E-state index in [1.54, 1.807) is 11.3 Å². The lowest BCUT2D eigenvalue weighted by Crippen LogP contribution is -2.45. The van der Waals surface area contributed by atoms with Crippen LogP contribution in [0.5, 0.6) is 0 Å². The first-order chi connectivity index (χ1) is 11.1. The van der Waals surface area contributed by atoms with E-state index in [9.17, 15) is 0 Å². The molecule has 0 aliphatic carbocycles. The molecule has 0 aromatic carbocycles. The number of thiazole rings is 1. The molecule has 7 heteroatoms. The number of aryl methyl sites for hydroxylation is 2. The Balaban J connectivity index is 1.54. The second-order valence-corrected chi connectivity index (χ2v) is 7.57. The van der Waals surface area contributed by atoms with Crippen molar-refractivity contribution in [3.63, 3.8) is 0 Å². The Labute approximate surface area is 141 Å². The number of likely N-dealkylation sites (tertiary alicyclic amines) is 1. The molecular formula is C16H25N5OS. The second-order valence-electron chi connectivity index (χ2n) is 6.25. The van der Waals surface area contributed by atoms with Gasteiger partial charge in [-0.15, -0.1) is 11.3 Å². The summed E-state index contributed by atoms with van der Waals surface area (Å²) >= 11 is 1.79. The van der Waals surface area contributed by atoms with Crippen LogP contribution in [0.2, 0.25) is 0 Å². The highest BCUT2D eigenvalue weighted by Gasteiger charge is 2.24. The van der Waals surface area contributed by atoms with Gasteiger partial charge in [-0.05, 0) is 33.4 Å². The van der Waals surface area contributed by atoms with Crippen molar-refractivity contribution >= 4 is 11.3 Å². The van der Waals surface area contributed by atoms with Crippen LogP contribution < -0.4 is 0 Å². The van der Waals surface area contributed by atoms with Crippen LogP contribution in [0.3, 0.4) is 0 Å². The summed E-state index contributed by atoms with van der Waals surface area (Å²) in [5, 5.41) is 5.21. The van der Waals surface area contributed by atoms with Gasteiger partial charge in [0.1, 0.15) is 0 Å². The lowest BCUT2D eigenvalue weighted by Gasteiger charge is -2.37. The molecule has 2 aromatic heterocycles. The van der Waals surface area contributed by atoms with Gasteiger partial charge in [0.25, 0.3) is 0 Å². The SMILES string of the molecule is CCc1nc(CN2CCC[C@@H](N(C)Cc3cnc(C)s3)C2)no1. The molecule has 1 saturated heterocycles. The molecule has 1 fully saturated rings. The quantitative estimate of drug-likeness (QED) is 0.808. The lowest BCUT2D eigenvalue weighted by molar-refractivity contribution is 0.105. The fourth-order valence-corrected chi connectivity index (χ4v) is 3.94. The average Bonchev–Trinajstić information content (AvgIpc) is 3.16. The first-order valence-electron chi connectivity index (χ1n) is 8.29. The fraction of sp³-hybridized carbons (Fsp3) is 0.688. The molecule has 0 spiro atoms. The van der Waals surface area contributed by atoms with E-state index >= 15 is 0 Å². The van der Waals surface area contributed by atoms with Crippen molar-refractivity contribution in [3.05, 3.63) is 27.8 Å². The fourth-order valence-electron chi connectivity index (χ4n) is 3.09. The van der Waals surface area contributed by atoms with Crippen LogP contribution in [0.25, 0.3) is 0 Å². The summed E-state index contributed by atoms with van der Waals surface area (Å²) in [6.45, 7) is 8.03. The average molecular weight is 335 g/mol. The molecule has 1 atom stereocenters. The molecule has 1 aliphatic heterocycles. The van der Waals surface area contributed by atoms with Crippen LogP contribution in [-0.2, 0) is 19.5 Å². The monoisotopic (exact) mass is 335 g/mol. The summed E-state index contributed by atoms with van der Waals surface area (Å²) in [5.74, 6) is 1.54. The molecule has 0 saturated carbocycles. The van der Waals surface area contributed by atoms with Crippen molar-refractivity contribution < 1.29 is 4.52 Å². The van der Waals surface area contributed by atoms with Gasteiger partial charge in [0.15, 0.2) is 5.82 Å². The van der Waals surface area contributed by atoms with Crippen molar-refractivity contribution in [1.82, 2.24) is 24.9 Å². The predicted molar refractivity (Wildman–Crippen MR) is 90.3 cm³/mol. The third kappa shape index (κ3) is 4.37. The summed E-state index contributed by atoms with van der Waals surface area (Å²) in [6, 6.07) is 0.573. The minimum atomic E-state index is 0.573. The Kier molecular flexibility index (Phi) is 5.40. The Morgan fingerprint density at radius 1 is 1.48 bits per heavy atom. The molecule has 1 aliphatic rings. The van der Waals surface area contributed by atoms with Crippen molar-refractivity contribution in [2.45, 2.75) is 52.2 Å². The number of likely N-dealkylation sites (N-methyl/N-ethyl adjacent to an activating group) is 1. The molecule has 6 nitrogen and oxygen atoms in total. The maximum atomic E-state index is 5.21. The van der Waals surface area contributed by atoms with Crippen molar-refractivity contribution in [2.75, 3.05) is 20.1 Å². The second kappa shape index (κ2) is 7.51. The number of aromatic nitrogens is 3. The Bertz CT molecular complexity index is 626. The van der Waals surface area contributed by atoms with Crippen molar-refractivity contribution in [3.8, 4) is 0 Å². The number of nitrogens with zero attached hydrogens (tertiary/aromatic N) is 5. The van der Waals surface area contributed by atoms with Crippen molar-refractivity contribution in [2.24, 2.45) is 0 Å². The van der Waals surface area contributed by atoms with Gasteiger partial charge in [-0.25, -0.2) is 4.98 Å². The molecule has 0 N–H and O–H groups in total. The van der Waals surface area contributed by atoms with E-state index in [4.69, 9.17) is 4.52 Å². The number of piperidine rings is 1. The third-order valence-corrected chi connectivity index (χ3v) is 5.25. The normalized spacial score (nSPS) is 19.6. The standard InChI is InChI=1S/C16H25N5OS/c1-4-16-18-15(19-22-16)11-21-7-5-6-13(9-21)20(3)10-14-8-17-12(2)23-14/h8,13H,4-7,9-11H2,1-3H3/t13-/m1/s1. The molecule has 23 heavy (non-hydrogen) atoms. The molecule has 0 unspecified atom stereocenters. The van der Waals surface area contributed by atoms with E-state index in [1.165, 1.54) is 17.7 Å². The number of hydrogen-bond donors (Lipinski definition) is 0. The van der Waals surface area contributed by atoms with Gasteiger partial charge in [0.2, 0.25) is 5.89 Å². The molecular weight excluding hydrogens is 310 g/mol. The summed E-state index contributed by atoms with van der Waals surface area (Å²) in [7, 11) is 2.22. The highest BCUT2D eigenvalue weighted by atomic mass is 32.1. The van der Waals surface area contributed by atoms with E-state index in [0.29, 0.717) is 6.04 Å². The zero-order chi connectivity index (χ0) is 16.2. The molecule has 2 aromatic rings. The molecule has 126 valence electrons. The van der Waals surface area contributed by atoms with Gasteiger partial charge in [-0.3, -0.25) is 9.80 Å². The van der Waals surface area contributed by atoms with Crippen LogP contribution >= 0.6 is 11.3 Å². The van der Waals surface area contributed by atoms with Gasteiger partial charge < -0.3 is 4.52 Å². The summed E-state index contributed by atoms with van der Waals surface area (Å²) in [6.07, 6.45) is 5.27. The van der Waals surface area contributed by atoms with Crippen LogP contribution in [0, 0.1) is 6.92 Å². The van der Waals surface area contributed by atoms with Crippen LogP contribution in [0.15, 0.2) is 10.7 Å². The van der Waals surface area contributed by atoms with E-state index in [1.807, 2.05) is 13.1 Å². The van der Waals surface area contributed by atoms with Gasteiger partial charge >= 0.3 is 0 Å². The molecule has 0 amide bonds. The van der Waals surface area contributed by atoms with E-state index < -0.39 is 0 Å². The maximum Gasteiger partial charge on any atom is 0.226 e. The van der Waals surface area contributed by atoms with Gasteiger partial charge in [0.05, 0.1) is 11.6 Å². The van der Waals surface area contributed by atoms with E-state index in [2.05, 4.69) is 38.9 Å². The van der Waals surface area contributed by atoms with Gasteiger partial charge in [0, 0.05) is 36.6 Å². The van der Waals surface area contributed by atoms with Crippen LogP contribution in [0.1, 0.15) is 41.4 Å². The summed E-state index contributed by atoms with van der Waals surface area (Å²) < 4.78 is 5.21. The summed E-state index contributed by atoms with van der Waals surface area (Å²) in [5.41, 5.74) is 0. The lowest BCUT2D eigenvalue weighted by atomic mass is 10.0. The smallest absolute Gasteiger partial charge is 0.226 e. The first kappa shape index (κ1) is 16.5. The highest BCUT2D eigenvalue weighted by Crippen LogP contribution is 2.20. The van der Waals surface area contributed by atoms with Crippen LogP contribution in [0.4, 0.5) is 0 Å². The minimum absolute atomic E-state index is 0.573. The zero-order valence-electron chi connectivity index (χ0n) is 14.2. The highest BCUT2D eigenvalue weighted by molar-refractivity contribution is 7.11. The molecule has 0 radical (unpaired) electrons. The minimum Gasteiger partial charge on any atom is -0.339 e. The molecule has 3 heterocycles. The topological polar surface area (TPSA) is 58.3 Å². The Morgan fingerprint density at radius 3 is 3.04 bits per heavy atom. The van der Waals surface area contributed by atoms with E-state index in [-0.39, 0.29) is 0 Å². The number of rotatable bonds is 6. The number of hydrogen-bond acceptors (Lipinski definition) is 7. The van der Waals surface area contributed by atoms with E-state index in [0.717, 1.165) is 49.3 Å². The Morgan fingerprint density at radius 2 is 2.35 bits per heavy atom. The molecule has 0 bridgehead atoms. The maximum absolute atomic E-state index is 5.21. The first-order valence-corrected chi connectivity index (χ1v) is 9.11. The predicted octanol–water partition coefficient (Wildman–Crippen LogP) is 2.49. The largest absolute Gasteiger partial charge is 0.339 e. The summed E-state index contributed by atoms with van der Waals surface area (Å²) in [4.78, 5) is 15.0. The van der Waals surface area contributed by atoms with Crippen LogP contribution in [-0.4, -0.2) is 51.1 Å². The van der Waals surface area contributed by atoms with Gasteiger partial charge in [-0.2, -0.15) is 4.98 Å². The zero-order valence-corrected chi connectivity index (χ0v) is 15.0. The van der Waals surface area contributed by atoms with Crippen molar-refractivity contribution in [1.29, 1.82) is 0 Å². The third-order valence-electron chi connectivity index (χ3n) is 4.36. The van der Waals surface area contributed by atoms with Gasteiger partial charge in [-0.1, -0.05) is 12.1 Å².